The molecule has 20 nitrogen and oxygen atoms in total. The highest BCUT2D eigenvalue weighted by molar-refractivity contribution is 5.83. The van der Waals surface area contributed by atoms with Gasteiger partial charge < -0.3 is 42.4 Å². The maximum atomic E-state index is 13.5. The zero-order valence-electron chi connectivity index (χ0n) is 31.1. The molecule has 0 bridgehead atoms. The molecule has 320 valence electrons. The average Bonchev–Trinajstić information content (AvgIpc) is 3.10. The van der Waals surface area contributed by atoms with E-state index in [2.05, 4.69) is 0 Å². The van der Waals surface area contributed by atoms with Gasteiger partial charge in [-0.1, -0.05) is 12.1 Å². The van der Waals surface area contributed by atoms with Crippen LogP contribution in [0.15, 0.2) is 36.4 Å². The monoisotopic (exact) mass is 828 g/mol. The van der Waals surface area contributed by atoms with Crippen molar-refractivity contribution < 1.29 is 76.9 Å². The quantitative estimate of drug-likeness (QED) is 0.0743. The van der Waals surface area contributed by atoms with Gasteiger partial charge in [0.15, 0.2) is 6.10 Å². The lowest BCUT2D eigenvalue weighted by Crippen LogP contribution is -2.42. The largest absolute Gasteiger partial charge is 0.481 e. The zero-order chi connectivity index (χ0) is 44.6. The first kappa shape index (κ1) is 50.1. The summed E-state index contributed by atoms with van der Waals surface area (Å²) in [4.78, 5) is 85.0. The number of nitrogens with two attached hydrogens (primary N) is 3. The maximum Gasteiger partial charge on any atom is 0.332 e. The Morgan fingerprint density at radius 1 is 0.690 bits per heavy atom. The average molecular weight is 829 g/mol. The number of nitro benzene ring substituents is 2. The van der Waals surface area contributed by atoms with E-state index in [-0.39, 0.29) is 68.2 Å². The fraction of sp³-hybridized carbons (Fsp3) is 0.486. The SMILES string of the molecule is CC(=O)C(N)CC(Cc1ccc([N+](=O)[O-])c([18F])c1)C(=O)O.CC(=O)C(N)CC(OC1CC([18F])C1)C(=O)O.NC(CC(Cc1ccc([18F])c([N+](=O)[O-])c1)C(=O)O)C(=O)O. The van der Waals surface area contributed by atoms with Crippen molar-refractivity contribution in [1.29, 1.82) is 0 Å². The highest BCUT2D eigenvalue weighted by Gasteiger charge is 2.35. The number of halogens is 3. The molecule has 0 saturated heterocycles. The molecule has 1 aliphatic carbocycles. The van der Waals surface area contributed by atoms with E-state index in [0.29, 0.717) is 5.56 Å². The Balaban J connectivity index is 0.000000440. The summed E-state index contributed by atoms with van der Waals surface area (Å²) in [6, 6.07) is 3.09. The molecule has 2 aromatic rings. The van der Waals surface area contributed by atoms with Crippen LogP contribution >= 0.6 is 0 Å². The highest BCUT2D eigenvalue weighted by Crippen LogP contribution is 2.28. The van der Waals surface area contributed by atoms with Gasteiger partial charge >= 0.3 is 35.3 Å². The molecule has 0 aliphatic heterocycles. The number of benzene rings is 2. The smallest absolute Gasteiger partial charge is 0.332 e. The third-order valence-corrected chi connectivity index (χ3v) is 8.65. The topological polar surface area (TPSA) is 357 Å². The van der Waals surface area contributed by atoms with Gasteiger partial charge in [-0.05, 0) is 62.8 Å². The van der Waals surface area contributed by atoms with Crippen LogP contribution in [0.1, 0.15) is 57.1 Å². The van der Waals surface area contributed by atoms with Gasteiger partial charge in [0.1, 0.15) is 23.8 Å². The minimum atomic E-state index is -1.36. The number of ether oxygens (including phenoxy) is 1. The fourth-order valence-corrected chi connectivity index (χ4v) is 5.10. The Bertz CT molecular complexity index is 1830. The summed E-state index contributed by atoms with van der Waals surface area (Å²) in [5.74, 6) is -9.74. The van der Waals surface area contributed by atoms with Crippen LogP contribution in [0, 0.1) is 43.7 Å². The van der Waals surface area contributed by atoms with Gasteiger partial charge in [0.2, 0.25) is 11.6 Å². The van der Waals surface area contributed by atoms with Crippen LogP contribution in [-0.2, 0) is 46.3 Å². The Morgan fingerprint density at radius 3 is 1.53 bits per heavy atom. The maximum absolute atomic E-state index is 13.5. The van der Waals surface area contributed by atoms with Crippen molar-refractivity contribution in [2.45, 2.75) is 95.3 Å². The summed E-state index contributed by atoms with van der Waals surface area (Å²) in [5, 5.41) is 56.8. The lowest BCUT2D eigenvalue weighted by molar-refractivity contribution is -0.387. The summed E-state index contributed by atoms with van der Waals surface area (Å²) < 4.78 is 44.3. The normalized spacial score (nSPS) is 17.4. The third-order valence-electron chi connectivity index (χ3n) is 8.65. The molecule has 0 spiro atoms. The lowest BCUT2D eigenvalue weighted by Gasteiger charge is -2.32. The number of carbonyl (C=O) groups excluding carboxylic acids is 2. The van der Waals surface area contributed by atoms with Crippen LogP contribution < -0.4 is 17.2 Å². The van der Waals surface area contributed by atoms with Crippen LogP contribution in [0.25, 0.3) is 0 Å². The van der Waals surface area contributed by atoms with Gasteiger partial charge in [0.25, 0.3) is 0 Å². The molecule has 0 aromatic heterocycles. The number of carboxylic acid groups (broad SMARTS) is 4. The van der Waals surface area contributed by atoms with Gasteiger partial charge in [0, 0.05) is 31.4 Å². The molecule has 1 saturated carbocycles. The first-order chi connectivity index (χ1) is 26.8. The van der Waals surface area contributed by atoms with Crippen molar-refractivity contribution in [2.24, 2.45) is 29.0 Å². The summed E-state index contributed by atoms with van der Waals surface area (Å²) in [7, 11) is 0. The van der Waals surface area contributed by atoms with E-state index in [0.717, 1.165) is 24.3 Å². The molecule has 0 heterocycles. The van der Waals surface area contributed by atoms with Crippen LogP contribution in [0.4, 0.5) is 24.5 Å². The molecule has 10 N–H and O–H groups in total. The first-order valence-corrected chi connectivity index (χ1v) is 17.2. The predicted octanol–water partition coefficient (Wildman–Crippen LogP) is 2.33. The number of ketones is 2. The number of rotatable bonds is 20. The Kier molecular flexibility index (Phi) is 20.2. The Labute approximate surface area is 327 Å². The second-order valence-corrected chi connectivity index (χ2v) is 13.3. The summed E-state index contributed by atoms with van der Waals surface area (Å²) in [5.41, 5.74) is 15.3. The molecule has 6 unspecified atom stereocenters. The molecular weight excluding hydrogens is 784 g/mol. The number of hydrogen-bond acceptors (Lipinski definition) is 14. The van der Waals surface area contributed by atoms with E-state index in [9.17, 15) is 62.2 Å². The fourth-order valence-electron chi connectivity index (χ4n) is 5.10. The van der Waals surface area contributed by atoms with Crippen LogP contribution in [0.5, 0.6) is 0 Å². The number of nitro groups is 2. The van der Waals surface area contributed by atoms with Crippen molar-refractivity contribution >= 4 is 46.8 Å². The van der Waals surface area contributed by atoms with Gasteiger partial charge in [-0.3, -0.25) is 44.2 Å². The molecule has 23 heteroatoms. The van der Waals surface area contributed by atoms with Gasteiger partial charge in [-0.2, -0.15) is 8.78 Å². The van der Waals surface area contributed by atoms with Crippen molar-refractivity contribution in [1.82, 2.24) is 0 Å². The van der Waals surface area contributed by atoms with Gasteiger partial charge in [-0.25, -0.2) is 9.18 Å². The van der Waals surface area contributed by atoms with E-state index in [1.165, 1.54) is 26.0 Å². The molecular formula is C35H44F3N5O15. The van der Waals surface area contributed by atoms with Gasteiger partial charge in [0.05, 0.1) is 39.9 Å². The molecule has 1 fully saturated rings. The minimum Gasteiger partial charge on any atom is -0.481 e. The molecule has 3 rings (SSSR count). The number of alkyl halides is 1. The van der Waals surface area contributed by atoms with E-state index >= 15 is 0 Å². The number of carboxylic acids is 4. The van der Waals surface area contributed by atoms with Crippen LogP contribution in [0.3, 0.4) is 0 Å². The van der Waals surface area contributed by atoms with Crippen LogP contribution in [0.2, 0.25) is 0 Å². The Hall–Kier alpha value is -5.91. The number of aliphatic carboxylic acids is 4. The minimum absolute atomic E-state index is 0.0643. The molecule has 0 amide bonds. The van der Waals surface area contributed by atoms with Gasteiger partial charge in [-0.15, -0.1) is 0 Å². The standard InChI is InChI=1S/C13H15FN2O5.C12H13FN2O6.C10H16FNO4/c1-7(17)11(15)6-9(13(18)19)4-8-2-3-12(16(20)21)10(14)5-8;13-8-2-1-6(4-10(8)15(20)21)3-7(11(16)17)5-9(14)12(18)19;1-5(13)8(12)4-9(10(14)15)16-7-2-6(11)3-7/h2-3,5,9,11H,4,6,15H2,1H3,(H,18,19);1-2,4,7,9H,3,5,14H2,(H,16,17)(H,18,19);6-9H,2-4,12H2,1H3,(H,14,15)/i14-1;13-1;11-1. The molecule has 0 radical (unpaired) electrons. The third kappa shape index (κ3) is 17.1. The Morgan fingerprint density at radius 2 is 1.14 bits per heavy atom. The van der Waals surface area contributed by atoms with E-state index in [4.69, 9.17) is 42.4 Å². The molecule has 58 heavy (non-hydrogen) atoms. The van der Waals surface area contributed by atoms with E-state index < -0.39 is 99.0 Å². The summed E-state index contributed by atoms with van der Waals surface area (Å²) in [6.07, 6.45) is -2.69. The number of hydrogen-bond donors (Lipinski definition) is 7. The molecule has 6 atom stereocenters. The molecule has 1 aliphatic rings. The summed E-state index contributed by atoms with van der Waals surface area (Å²) in [6.45, 7) is 2.56. The van der Waals surface area contributed by atoms with Crippen molar-refractivity contribution in [3.8, 4) is 0 Å². The van der Waals surface area contributed by atoms with Crippen molar-refractivity contribution in [2.75, 3.05) is 0 Å². The number of Topliss-reactive ketones (excluding diaryl/α,β-unsaturated/α-hetero) is 2. The lowest BCUT2D eigenvalue weighted by atomic mass is 9.91. The number of nitrogens with zero attached hydrogens (tertiary/aromatic N) is 2. The summed E-state index contributed by atoms with van der Waals surface area (Å²) >= 11 is 0. The zero-order valence-corrected chi connectivity index (χ0v) is 31.1. The second-order valence-electron chi connectivity index (χ2n) is 13.3. The van der Waals surface area contributed by atoms with Crippen molar-refractivity contribution in [3.63, 3.8) is 0 Å². The highest BCUT2D eigenvalue weighted by atomic mass is 18.2. The van der Waals surface area contributed by atoms with Crippen LogP contribution in [-0.4, -0.2) is 102 Å². The number of carbonyl (C=O) groups is 6. The van der Waals surface area contributed by atoms with Crippen molar-refractivity contribution in [3.05, 3.63) is 79.4 Å². The molecule has 2 aromatic carbocycles. The second kappa shape index (κ2) is 23.4. The van der Waals surface area contributed by atoms with E-state index in [1.54, 1.807) is 0 Å². The predicted molar refractivity (Wildman–Crippen MR) is 193 cm³/mol. The van der Waals surface area contributed by atoms with E-state index in [1.807, 2.05) is 0 Å². The first-order valence-electron chi connectivity index (χ1n) is 17.2.